The second kappa shape index (κ2) is 9.59. The molecule has 1 aromatic carbocycles. The van der Waals surface area contributed by atoms with Crippen LogP contribution in [0.3, 0.4) is 0 Å². The number of rotatable bonds is 7. The van der Waals surface area contributed by atoms with Gasteiger partial charge in [0.15, 0.2) is 0 Å². The van der Waals surface area contributed by atoms with E-state index in [1.54, 1.807) is 39.8 Å². The second-order valence-electron chi connectivity index (χ2n) is 9.64. The summed E-state index contributed by atoms with van der Waals surface area (Å²) in [4.78, 5) is 12.6. The van der Waals surface area contributed by atoms with Crippen molar-refractivity contribution in [3.8, 4) is 0 Å². The Morgan fingerprint density at radius 3 is 2.29 bits per heavy atom. The van der Waals surface area contributed by atoms with E-state index in [4.69, 9.17) is 9.47 Å². The SMILES string of the molecule is Cc1ccc(C)c(S(=O)(=O)/N=C(\OC(C)C)[C@H](C)[C@@H](NC(=O)OC(C)(C)C)C2CC2)c1. The Bertz CT molecular complexity index is 928. The Kier molecular flexibility index (Phi) is 7.79. The Hall–Kier alpha value is -2.09. The van der Waals surface area contributed by atoms with Gasteiger partial charge in [0.1, 0.15) is 5.60 Å². The number of benzene rings is 1. The van der Waals surface area contributed by atoms with Crippen molar-refractivity contribution in [3.05, 3.63) is 29.3 Å². The number of nitrogens with zero attached hydrogens (tertiary/aromatic N) is 1. The molecule has 8 heteroatoms. The number of alkyl carbamates (subject to hydrolysis) is 1. The first kappa shape index (κ1) is 25.2. The summed E-state index contributed by atoms with van der Waals surface area (Å²) in [7, 11) is -3.98. The number of sulfonamides is 1. The average Bonchev–Trinajstić information content (AvgIpc) is 3.43. The molecule has 174 valence electrons. The number of ether oxygens (including phenoxy) is 2. The Morgan fingerprint density at radius 2 is 1.77 bits per heavy atom. The lowest BCUT2D eigenvalue weighted by Gasteiger charge is -2.28. The lowest BCUT2D eigenvalue weighted by Crippen LogP contribution is -2.46. The molecular formula is C23H36N2O5S. The van der Waals surface area contributed by atoms with Crippen molar-refractivity contribution in [1.82, 2.24) is 5.32 Å². The van der Waals surface area contributed by atoms with Crippen molar-refractivity contribution in [3.63, 3.8) is 0 Å². The highest BCUT2D eigenvalue weighted by atomic mass is 32.2. The molecule has 0 aliphatic heterocycles. The van der Waals surface area contributed by atoms with E-state index in [-0.39, 0.29) is 28.9 Å². The van der Waals surface area contributed by atoms with Crippen LogP contribution < -0.4 is 5.32 Å². The molecule has 0 unspecified atom stereocenters. The van der Waals surface area contributed by atoms with E-state index in [0.29, 0.717) is 5.56 Å². The number of carbonyl (C=O) groups is 1. The highest BCUT2D eigenvalue weighted by Crippen LogP contribution is 2.37. The number of hydrogen-bond acceptors (Lipinski definition) is 5. The molecule has 1 fully saturated rings. The Labute approximate surface area is 186 Å². The maximum atomic E-state index is 13.1. The third kappa shape index (κ3) is 7.52. The number of amides is 1. The third-order valence-corrected chi connectivity index (χ3v) is 6.35. The molecule has 0 radical (unpaired) electrons. The average molecular weight is 453 g/mol. The van der Waals surface area contributed by atoms with Crippen molar-refractivity contribution in [2.45, 2.75) is 90.9 Å². The first-order valence-electron chi connectivity index (χ1n) is 10.8. The van der Waals surface area contributed by atoms with E-state index < -0.39 is 27.6 Å². The van der Waals surface area contributed by atoms with Gasteiger partial charge in [-0.25, -0.2) is 4.79 Å². The van der Waals surface area contributed by atoms with Crippen LogP contribution in [0.2, 0.25) is 0 Å². The van der Waals surface area contributed by atoms with Crippen LogP contribution in [0.25, 0.3) is 0 Å². The van der Waals surface area contributed by atoms with Crippen LogP contribution in [-0.4, -0.2) is 38.2 Å². The van der Waals surface area contributed by atoms with Gasteiger partial charge in [0, 0.05) is 6.04 Å². The molecule has 1 N–H and O–H groups in total. The van der Waals surface area contributed by atoms with Gasteiger partial charge in [0.2, 0.25) is 5.90 Å². The first-order chi connectivity index (χ1) is 14.2. The van der Waals surface area contributed by atoms with Gasteiger partial charge in [-0.1, -0.05) is 19.1 Å². The van der Waals surface area contributed by atoms with Crippen LogP contribution in [0.5, 0.6) is 0 Å². The quantitative estimate of drug-likeness (QED) is 0.476. The summed E-state index contributed by atoms with van der Waals surface area (Å²) < 4.78 is 41.7. The minimum atomic E-state index is -3.98. The van der Waals surface area contributed by atoms with E-state index in [1.165, 1.54) is 0 Å². The Balaban J connectivity index is 2.38. The van der Waals surface area contributed by atoms with Crippen molar-refractivity contribution in [2.75, 3.05) is 0 Å². The molecule has 2 atom stereocenters. The van der Waals surface area contributed by atoms with Gasteiger partial charge in [0.25, 0.3) is 10.0 Å². The molecule has 0 spiro atoms. The summed E-state index contributed by atoms with van der Waals surface area (Å²) in [5, 5.41) is 2.92. The summed E-state index contributed by atoms with van der Waals surface area (Å²) in [5.41, 5.74) is 0.830. The van der Waals surface area contributed by atoms with Crippen molar-refractivity contribution in [2.24, 2.45) is 16.2 Å². The standard InChI is InChI=1S/C23H36N2O5S/c1-14(2)29-21(25-31(27,28)19-13-15(3)9-10-16(19)4)17(5)20(18-11-12-18)24-22(26)30-23(6,7)8/h9-10,13-14,17-18,20H,11-12H2,1-8H3,(H,24,26)/b25-21-/t17-,20-/m1/s1. The number of aryl methyl sites for hydroxylation is 2. The highest BCUT2D eigenvalue weighted by Gasteiger charge is 2.40. The van der Waals surface area contributed by atoms with Crippen LogP contribution in [0, 0.1) is 25.7 Å². The molecule has 0 aromatic heterocycles. The summed E-state index contributed by atoms with van der Waals surface area (Å²) in [5.74, 6) is -0.113. The van der Waals surface area contributed by atoms with Crippen LogP contribution >= 0.6 is 0 Å². The number of hydrogen-bond donors (Lipinski definition) is 1. The second-order valence-corrected chi connectivity index (χ2v) is 11.2. The van der Waals surface area contributed by atoms with Gasteiger partial charge in [0.05, 0.1) is 16.9 Å². The smallest absolute Gasteiger partial charge is 0.407 e. The van der Waals surface area contributed by atoms with Gasteiger partial charge in [-0.3, -0.25) is 0 Å². The van der Waals surface area contributed by atoms with Gasteiger partial charge < -0.3 is 14.8 Å². The molecule has 7 nitrogen and oxygen atoms in total. The number of nitrogens with one attached hydrogen (secondary N) is 1. The van der Waals surface area contributed by atoms with E-state index in [0.717, 1.165) is 18.4 Å². The predicted molar refractivity (Wildman–Crippen MR) is 122 cm³/mol. The predicted octanol–water partition coefficient (Wildman–Crippen LogP) is 4.76. The van der Waals surface area contributed by atoms with E-state index >= 15 is 0 Å². The summed E-state index contributed by atoms with van der Waals surface area (Å²) in [6.45, 7) is 14.4. The Morgan fingerprint density at radius 1 is 1.16 bits per heavy atom. The molecule has 1 amide bonds. The van der Waals surface area contributed by atoms with Crippen LogP contribution in [0.1, 0.15) is 65.5 Å². The summed E-state index contributed by atoms with van der Waals surface area (Å²) in [6.07, 6.45) is 1.10. The van der Waals surface area contributed by atoms with Gasteiger partial charge in [-0.05, 0) is 84.4 Å². The minimum Gasteiger partial charge on any atom is -0.477 e. The molecule has 0 heterocycles. The topological polar surface area (TPSA) is 94.1 Å². The molecule has 0 saturated heterocycles. The fourth-order valence-corrected chi connectivity index (χ4v) is 4.66. The van der Waals surface area contributed by atoms with Crippen LogP contribution in [-0.2, 0) is 19.5 Å². The fraction of sp³-hybridized carbons (Fsp3) is 0.652. The monoisotopic (exact) mass is 452 g/mol. The van der Waals surface area contributed by atoms with Crippen molar-refractivity contribution >= 4 is 22.0 Å². The zero-order valence-corrected chi connectivity index (χ0v) is 20.7. The van der Waals surface area contributed by atoms with Crippen molar-refractivity contribution in [1.29, 1.82) is 0 Å². The lowest BCUT2D eigenvalue weighted by molar-refractivity contribution is 0.0485. The van der Waals surface area contributed by atoms with Gasteiger partial charge >= 0.3 is 6.09 Å². The van der Waals surface area contributed by atoms with E-state index in [2.05, 4.69) is 9.71 Å². The fourth-order valence-electron chi connectivity index (χ4n) is 3.31. The van der Waals surface area contributed by atoms with Gasteiger partial charge in [-0.2, -0.15) is 8.42 Å². The molecule has 31 heavy (non-hydrogen) atoms. The molecule has 2 rings (SSSR count). The maximum absolute atomic E-state index is 13.1. The van der Waals surface area contributed by atoms with E-state index in [9.17, 15) is 13.2 Å². The lowest BCUT2D eigenvalue weighted by atomic mass is 9.97. The molecular weight excluding hydrogens is 416 g/mol. The normalized spacial score (nSPS) is 17.3. The highest BCUT2D eigenvalue weighted by molar-refractivity contribution is 7.90. The molecule has 1 aromatic rings. The summed E-state index contributed by atoms with van der Waals surface area (Å²) in [6, 6.07) is 4.91. The third-order valence-electron chi connectivity index (χ3n) is 4.93. The first-order valence-corrected chi connectivity index (χ1v) is 12.2. The maximum Gasteiger partial charge on any atom is 0.407 e. The minimum absolute atomic E-state index is 0.101. The number of carbonyl (C=O) groups excluding carboxylic acids is 1. The zero-order valence-electron chi connectivity index (χ0n) is 19.9. The molecule has 0 bridgehead atoms. The van der Waals surface area contributed by atoms with Crippen molar-refractivity contribution < 1.29 is 22.7 Å². The zero-order chi connectivity index (χ0) is 23.6. The van der Waals surface area contributed by atoms with Crippen LogP contribution in [0.15, 0.2) is 27.5 Å². The molecule has 1 aliphatic rings. The van der Waals surface area contributed by atoms with Crippen LogP contribution in [0.4, 0.5) is 4.79 Å². The largest absolute Gasteiger partial charge is 0.477 e. The molecule has 1 aliphatic carbocycles. The molecule has 1 saturated carbocycles. The van der Waals surface area contributed by atoms with E-state index in [1.807, 2.05) is 33.8 Å². The summed E-state index contributed by atoms with van der Waals surface area (Å²) >= 11 is 0. The van der Waals surface area contributed by atoms with Gasteiger partial charge in [-0.15, -0.1) is 4.40 Å².